The summed E-state index contributed by atoms with van der Waals surface area (Å²) in [5.74, 6) is -1.42. The normalized spacial score (nSPS) is 14.2. The molecule has 0 atom stereocenters. The number of anilines is 1. The van der Waals surface area contributed by atoms with E-state index in [1.54, 1.807) is 6.07 Å². The number of benzene rings is 1. The number of carbonyl (C=O) groups is 2. The van der Waals surface area contributed by atoms with Crippen LogP contribution < -0.4 is 5.32 Å². The molecule has 1 aliphatic rings. The molecule has 0 aliphatic heterocycles. The molecule has 0 unspecified atom stereocenters. The molecule has 4 nitrogen and oxygen atoms in total. The Bertz CT molecular complexity index is 902. The summed E-state index contributed by atoms with van der Waals surface area (Å²) < 4.78 is 18.8. The van der Waals surface area contributed by atoms with Gasteiger partial charge in [-0.1, -0.05) is 30.5 Å². The maximum Gasteiger partial charge on any atom is 0.341 e. The average molecular weight is 422 g/mol. The molecule has 1 aromatic heterocycles. The highest BCUT2D eigenvalue weighted by Crippen LogP contribution is 2.37. The molecule has 0 spiro atoms. The summed E-state index contributed by atoms with van der Waals surface area (Å²) >= 11 is 7.39. The number of amides is 1. The Balaban J connectivity index is 1.86. The molecule has 0 bridgehead atoms. The first-order valence-electron chi connectivity index (χ1n) is 9.17. The van der Waals surface area contributed by atoms with E-state index in [-0.39, 0.29) is 10.6 Å². The zero-order valence-electron chi connectivity index (χ0n) is 15.5. The number of halogens is 2. The van der Waals surface area contributed by atoms with E-state index in [0.29, 0.717) is 10.6 Å². The average Bonchev–Trinajstić information content (AvgIpc) is 2.96. The SMILES string of the molecule is COC(=O)c1c(NC(=O)C=Cc2c(F)cccc2Cl)sc2c1CCCCCC2. The van der Waals surface area contributed by atoms with Gasteiger partial charge in [0.1, 0.15) is 10.8 Å². The molecular weight excluding hydrogens is 401 g/mol. The van der Waals surface area contributed by atoms with Gasteiger partial charge in [0.05, 0.1) is 17.7 Å². The van der Waals surface area contributed by atoms with Crippen LogP contribution in [0.4, 0.5) is 9.39 Å². The summed E-state index contributed by atoms with van der Waals surface area (Å²) in [6, 6.07) is 4.33. The highest BCUT2D eigenvalue weighted by molar-refractivity contribution is 7.17. The van der Waals surface area contributed by atoms with Crippen LogP contribution in [0.25, 0.3) is 6.08 Å². The van der Waals surface area contributed by atoms with Crippen molar-refractivity contribution in [1.82, 2.24) is 0 Å². The number of carbonyl (C=O) groups excluding carboxylic acids is 2. The summed E-state index contributed by atoms with van der Waals surface area (Å²) in [6.07, 6.45) is 8.59. The van der Waals surface area contributed by atoms with E-state index in [1.807, 2.05) is 0 Å². The van der Waals surface area contributed by atoms with E-state index in [0.717, 1.165) is 42.5 Å². The molecule has 0 fully saturated rings. The number of nitrogens with one attached hydrogen (secondary N) is 1. The Morgan fingerprint density at radius 1 is 1.21 bits per heavy atom. The van der Waals surface area contributed by atoms with E-state index in [2.05, 4.69) is 5.32 Å². The molecule has 0 saturated carbocycles. The first kappa shape index (κ1) is 20.6. The molecule has 7 heteroatoms. The maximum atomic E-state index is 13.8. The van der Waals surface area contributed by atoms with Crippen molar-refractivity contribution < 1.29 is 18.7 Å². The van der Waals surface area contributed by atoms with Gasteiger partial charge in [-0.25, -0.2) is 9.18 Å². The van der Waals surface area contributed by atoms with Gasteiger partial charge in [-0.05, 0) is 49.5 Å². The molecule has 0 radical (unpaired) electrons. The van der Waals surface area contributed by atoms with Crippen molar-refractivity contribution >= 4 is 45.9 Å². The van der Waals surface area contributed by atoms with Crippen molar-refractivity contribution in [3.8, 4) is 0 Å². The van der Waals surface area contributed by atoms with E-state index in [4.69, 9.17) is 16.3 Å². The summed E-state index contributed by atoms with van der Waals surface area (Å²) in [7, 11) is 1.33. The highest BCUT2D eigenvalue weighted by atomic mass is 35.5. The molecule has 1 heterocycles. The third-order valence-corrected chi connectivity index (χ3v) is 6.24. The second-order valence-electron chi connectivity index (χ2n) is 6.57. The fourth-order valence-corrected chi connectivity index (χ4v) is 4.81. The van der Waals surface area contributed by atoms with Crippen molar-refractivity contribution in [3.63, 3.8) is 0 Å². The maximum absolute atomic E-state index is 13.8. The molecule has 1 aromatic carbocycles. The van der Waals surface area contributed by atoms with E-state index < -0.39 is 17.7 Å². The first-order valence-corrected chi connectivity index (χ1v) is 10.4. The van der Waals surface area contributed by atoms with Gasteiger partial charge in [-0.2, -0.15) is 0 Å². The molecule has 148 valence electrons. The predicted octanol–water partition coefficient (Wildman–Crippen LogP) is 5.64. The molecule has 0 saturated heterocycles. The molecular formula is C21H21ClFNO3S. The van der Waals surface area contributed by atoms with Crippen molar-refractivity contribution in [2.24, 2.45) is 0 Å². The van der Waals surface area contributed by atoms with Crippen LogP contribution in [0.15, 0.2) is 24.3 Å². The van der Waals surface area contributed by atoms with Gasteiger partial charge in [0.2, 0.25) is 5.91 Å². The number of methoxy groups -OCH3 is 1. The third-order valence-electron chi connectivity index (χ3n) is 4.70. The Morgan fingerprint density at radius 2 is 1.96 bits per heavy atom. The second-order valence-corrected chi connectivity index (χ2v) is 8.08. The molecule has 3 rings (SSSR count). The van der Waals surface area contributed by atoms with Gasteiger partial charge in [-0.3, -0.25) is 4.79 Å². The monoisotopic (exact) mass is 421 g/mol. The zero-order valence-corrected chi connectivity index (χ0v) is 17.1. The van der Waals surface area contributed by atoms with Gasteiger partial charge in [0.25, 0.3) is 0 Å². The summed E-state index contributed by atoms with van der Waals surface area (Å²) in [4.78, 5) is 25.9. The Kier molecular flexibility index (Phi) is 6.86. The molecule has 1 aliphatic carbocycles. The smallest absolute Gasteiger partial charge is 0.341 e. The van der Waals surface area contributed by atoms with Gasteiger partial charge in [0, 0.05) is 16.5 Å². The molecule has 2 aromatic rings. The lowest BCUT2D eigenvalue weighted by Gasteiger charge is -2.10. The fraction of sp³-hybridized carbons (Fsp3) is 0.333. The summed E-state index contributed by atoms with van der Waals surface area (Å²) in [5.41, 5.74) is 1.56. The van der Waals surface area contributed by atoms with Gasteiger partial charge in [-0.15, -0.1) is 11.3 Å². The highest BCUT2D eigenvalue weighted by Gasteiger charge is 2.25. The summed E-state index contributed by atoms with van der Waals surface area (Å²) in [6.45, 7) is 0. The number of fused-ring (bicyclic) bond motifs is 1. The van der Waals surface area contributed by atoms with Crippen LogP contribution in [0.5, 0.6) is 0 Å². The zero-order chi connectivity index (χ0) is 20.1. The van der Waals surface area contributed by atoms with Gasteiger partial charge in [0.15, 0.2) is 0 Å². The molecule has 1 amide bonds. The van der Waals surface area contributed by atoms with Crippen LogP contribution in [-0.4, -0.2) is 19.0 Å². The van der Waals surface area contributed by atoms with E-state index in [9.17, 15) is 14.0 Å². The lowest BCUT2D eigenvalue weighted by atomic mass is 9.96. The van der Waals surface area contributed by atoms with E-state index in [1.165, 1.54) is 49.2 Å². The standard InChI is InChI=1S/C21H21ClFNO3S/c1-27-21(26)19-14-7-4-2-3-5-10-17(14)28-20(19)24-18(25)12-11-13-15(22)8-6-9-16(13)23/h6,8-9,11-12H,2-5,7,10H2,1H3,(H,24,25). The van der Waals surface area contributed by atoms with Crippen molar-refractivity contribution in [2.75, 3.05) is 12.4 Å². The topological polar surface area (TPSA) is 55.4 Å². The van der Waals surface area contributed by atoms with Crippen LogP contribution in [0, 0.1) is 5.82 Å². The third kappa shape index (κ3) is 4.62. The minimum absolute atomic E-state index is 0.144. The fourth-order valence-electron chi connectivity index (χ4n) is 3.31. The first-order chi connectivity index (χ1) is 13.5. The lowest BCUT2D eigenvalue weighted by Crippen LogP contribution is -2.12. The van der Waals surface area contributed by atoms with Crippen LogP contribution in [-0.2, 0) is 22.4 Å². The number of ether oxygens (including phenoxy) is 1. The lowest BCUT2D eigenvalue weighted by molar-refractivity contribution is -0.111. The van der Waals surface area contributed by atoms with Crippen LogP contribution >= 0.6 is 22.9 Å². The van der Waals surface area contributed by atoms with Crippen molar-refractivity contribution in [1.29, 1.82) is 0 Å². The summed E-state index contributed by atoms with van der Waals surface area (Å²) in [5, 5.41) is 3.46. The largest absolute Gasteiger partial charge is 0.465 e. The van der Waals surface area contributed by atoms with Gasteiger partial charge >= 0.3 is 5.97 Å². The number of hydrogen-bond acceptors (Lipinski definition) is 4. The number of aryl methyl sites for hydroxylation is 1. The Hall–Kier alpha value is -2.18. The number of thiophene rings is 1. The molecule has 1 N–H and O–H groups in total. The van der Waals surface area contributed by atoms with Crippen LogP contribution in [0.1, 0.15) is 52.0 Å². The van der Waals surface area contributed by atoms with Crippen molar-refractivity contribution in [3.05, 3.63) is 56.7 Å². The Labute approximate surface area is 172 Å². The quantitative estimate of drug-likeness (QED) is 0.513. The van der Waals surface area contributed by atoms with Crippen LogP contribution in [0.2, 0.25) is 5.02 Å². The predicted molar refractivity (Wildman–Crippen MR) is 111 cm³/mol. The molecule has 28 heavy (non-hydrogen) atoms. The van der Waals surface area contributed by atoms with Crippen molar-refractivity contribution in [2.45, 2.75) is 38.5 Å². The number of rotatable bonds is 4. The Morgan fingerprint density at radius 3 is 2.68 bits per heavy atom. The van der Waals surface area contributed by atoms with Gasteiger partial charge < -0.3 is 10.1 Å². The minimum atomic E-state index is -0.508. The number of hydrogen-bond donors (Lipinski definition) is 1. The van der Waals surface area contributed by atoms with E-state index >= 15 is 0 Å². The number of esters is 1. The van der Waals surface area contributed by atoms with Crippen LogP contribution in [0.3, 0.4) is 0 Å². The minimum Gasteiger partial charge on any atom is -0.465 e. The second kappa shape index (κ2) is 9.34.